The first kappa shape index (κ1) is 16.9. The molecule has 1 heterocycles. The van der Waals surface area contributed by atoms with Gasteiger partial charge in [0.2, 0.25) is 5.75 Å². The lowest BCUT2D eigenvalue weighted by Gasteiger charge is -2.15. The van der Waals surface area contributed by atoms with Crippen molar-refractivity contribution in [2.75, 3.05) is 32.8 Å². The minimum Gasteiger partial charge on any atom is -0.493 e. The zero-order valence-electron chi connectivity index (χ0n) is 14.6. The number of carbonyl (C=O) groups is 1. The van der Waals surface area contributed by atoms with Gasteiger partial charge in [0.15, 0.2) is 11.5 Å². The Morgan fingerprint density at radius 1 is 1.04 bits per heavy atom. The number of rotatable bonds is 5. The van der Waals surface area contributed by atoms with Crippen LogP contribution in [-0.2, 0) is 11.2 Å². The SMILES string of the molecule is COc1cc(/C=C/C(=O)N2CCc3ccccc32)cc(OC)c1OC. The van der Waals surface area contributed by atoms with Gasteiger partial charge in [-0.25, -0.2) is 0 Å². The second-order valence-electron chi connectivity index (χ2n) is 5.66. The van der Waals surface area contributed by atoms with E-state index < -0.39 is 0 Å². The first-order chi connectivity index (χ1) is 12.2. The topological polar surface area (TPSA) is 48.0 Å². The number of hydrogen-bond donors (Lipinski definition) is 0. The molecule has 130 valence electrons. The molecule has 0 atom stereocenters. The first-order valence-corrected chi connectivity index (χ1v) is 8.05. The average molecular weight is 339 g/mol. The molecule has 0 unspecified atom stereocenters. The second kappa shape index (κ2) is 7.30. The van der Waals surface area contributed by atoms with Crippen molar-refractivity contribution in [3.63, 3.8) is 0 Å². The fourth-order valence-electron chi connectivity index (χ4n) is 3.02. The van der Waals surface area contributed by atoms with Crippen molar-refractivity contribution in [3.8, 4) is 17.2 Å². The number of methoxy groups -OCH3 is 3. The van der Waals surface area contributed by atoms with Crippen LogP contribution in [0.4, 0.5) is 5.69 Å². The van der Waals surface area contributed by atoms with Crippen molar-refractivity contribution in [2.45, 2.75) is 6.42 Å². The zero-order valence-corrected chi connectivity index (χ0v) is 14.6. The van der Waals surface area contributed by atoms with Crippen molar-refractivity contribution in [3.05, 3.63) is 53.6 Å². The molecule has 0 N–H and O–H groups in total. The van der Waals surface area contributed by atoms with E-state index >= 15 is 0 Å². The summed E-state index contributed by atoms with van der Waals surface area (Å²) in [6.45, 7) is 0.706. The van der Waals surface area contributed by atoms with Gasteiger partial charge in [-0.15, -0.1) is 0 Å². The van der Waals surface area contributed by atoms with Crippen molar-refractivity contribution < 1.29 is 19.0 Å². The third-order valence-electron chi connectivity index (χ3n) is 4.26. The van der Waals surface area contributed by atoms with Gasteiger partial charge in [-0.2, -0.15) is 0 Å². The maximum Gasteiger partial charge on any atom is 0.251 e. The number of anilines is 1. The Balaban J connectivity index is 1.84. The van der Waals surface area contributed by atoms with Crippen LogP contribution in [0.25, 0.3) is 6.08 Å². The fraction of sp³-hybridized carbons (Fsp3) is 0.250. The summed E-state index contributed by atoms with van der Waals surface area (Å²) in [6, 6.07) is 11.6. The molecule has 25 heavy (non-hydrogen) atoms. The standard InChI is InChI=1S/C20H21NO4/c1-23-17-12-14(13-18(24-2)20(17)25-3)8-9-19(22)21-11-10-15-6-4-5-7-16(15)21/h4-9,12-13H,10-11H2,1-3H3/b9-8+. The predicted octanol–water partition coefficient (Wildman–Crippen LogP) is 3.31. The van der Waals surface area contributed by atoms with Crippen molar-refractivity contribution in [2.24, 2.45) is 0 Å². The Labute approximate surface area is 147 Å². The Morgan fingerprint density at radius 2 is 1.72 bits per heavy atom. The molecule has 1 aliphatic rings. The molecule has 0 spiro atoms. The number of hydrogen-bond acceptors (Lipinski definition) is 4. The van der Waals surface area contributed by atoms with Gasteiger partial charge in [-0.1, -0.05) is 18.2 Å². The molecule has 0 aromatic heterocycles. The number of carbonyl (C=O) groups excluding carboxylic acids is 1. The highest BCUT2D eigenvalue weighted by Gasteiger charge is 2.22. The van der Waals surface area contributed by atoms with Crippen LogP contribution in [0.15, 0.2) is 42.5 Å². The van der Waals surface area contributed by atoms with Crippen LogP contribution in [0.1, 0.15) is 11.1 Å². The van der Waals surface area contributed by atoms with Crippen LogP contribution in [-0.4, -0.2) is 33.8 Å². The largest absolute Gasteiger partial charge is 0.493 e. The summed E-state index contributed by atoms with van der Waals surface area (Å²) in [4.78, 5) is 14.4. The number of nitrogens with zero attached hydrogens (tertiary/aromatic N) is 1. The summed E-state index contributed by atoms with van der Waals surface area (Å²) in [7, 11) is 4.69. The van der Waals surface area contributed by atoms with E-state index in [4.69, 9.17) is 14.2 Å². The number of fused-ring (bicyclic) bond motifs is 1. The average Bonchev–Trinajstić information content (AvgIpc) is 3.09. The molecule has 2 aromatic rings. The third kappa shape index (κ3) is 3.31. The van der Waals surface area contributed by atoms with E-state index in [1.165, 1.54) is 5.56 Å². The van der Waals surface area contributed by atoms with E-state index in [0.717, 1.165) is 17.7 Å². The quantitative estimate of drug-likeness (QED) is 0.784. The number of amides is 1. The summed E-state index contributed by atoms with van der Waals surface area (Å²) in [5.41, 5.74) is 2.99. The first-order valence-electron chi connectivity index (χ1n) is 8.05. The minimum atomic E-state index is -0.0429. The van der Waals surface area contributed by atoms with Crippen LogP contribution in [0.2, 0.25) is 0 Å². The highest BCUT2D eigenvalue weighted by atomic mass is 16.5. The van der Waals surface area contributed by atoms with E-state index in [-0.39, 0.29) is 5.91 Å². The van der Waals surface area contributed by atoms with Crippen LogP contribution in [0.3, 0.4) is 0 Å². The van der Waals surface area contributed by atoms with Gasteiger partial charge in [-0.3, -0.25) is 4.79 Å². The van der Waals surface area contributed by atoms with Crippen LogP contribution < -0.4 is 19.1 Å². The molecule has 5 nitrogen and oxygen atoms in total. The molecular weight excluding hydrogens is 318 g/mol. The van der Waals surface area contributed by atoms with Gasteiger partial charge in [0.1, 0.15) is 0 Å². The normalized spacial score (nSPS) is 13.0. The smallest absolute Gasteiger partial charge is 0.251 e. The molecule has 0 saturated heterocycles. The molecule has 0 bridgehead atoms. The third-order valence-corrected chi connectivity index (χ3v) is 4.26. The summed E-state index contributed by atoms with van der Waals surface area (Å²) >= 11 is 0. The lowest BCUT2D eigenvalue weighted by Crippen LogP contribution is -2.26. The van der Waals surface area contributed by atoms with Gasteiger partial charge in [0, 0.05) is 18.3 Å². The summed E-state index contributed by atoms with van der Waals surface area (Å²) in [6.07, 6.45) is 4.22. The second-order valence-corrected chi connectivity index (χ2v) is 5.66. The summed E-state index contributed by atoms with van der Waals surface area (Å²) < 4.78 is 16.0. The van der Waals surface area contributed by atoms with Crippen molar-refractivity contribution >= 4 is 17.7 Å². The molecule has 1 amide bonds. The molecule has 0 aliphatic carbocycles. The lowest BCUT2D eigenvalue weighted by molar-refractivity contribution is -0.114. The Bertz CT molecular complexity index is 788. The van der Waals surface area contributed by atoms with Gasteiger partial charge in [0.05, 0.1) is 21.3 Å². The molecule has 0 fully saturated rings. The molecule has 2 aromatic carbocycles. The van der Waals surface area contributed by atoms with Gasteiger partial charge in [-0.05, 0) is 41.8 Å². The molecule has 1 aliphatic heterocycles. The monoisotopic (exact) mass is 339 g/mol. The molecule has 0 radical (unpaired) electrons. The Morgan fingerprint density at radius 3 is 2.36 bits per heavy atom. The van der Waals surface area contributed by atoms with Crippen molar-refractivity contribution in [1.29, 1.82) is 0 Å². The van der Waals surface area contributed by atoms with Gasteiger partial charge >= 0.3 is 0 Å². The van der Waals surface area contributed by atoms with E-state index in [1.807, 2.05) is 30.3 Å². The molecule has 0 saturated carbocycles. The Kier molecular flexibility index (Phi) is 4.93. The molecule has 5 heteroatoms. The van der Waals surface area contributed by atoms with E-state index in [0.29, 0.717) is 23.8 Å². The van der Waals surface area contributed by atoms with Crippen LogP contribution in [0, 0.1) is 0 Å². The highest BCUT2D eigenvalue weighted by molar-refractivity contribution is 6.05. The lowest BCUT2D eigenvalue weighted by atomic mass is 10.1. The van der Waals surface area contributed by atoms with Crippen LogP contribution in [0.5, 0.6) is 17.2 Å². The highest BCUT2D eigenvalue weighted by Crippen LogP contribution is 2.38. The van der Waals surface area contributed by atoms with Crippen LogP contribution >= 0.6 is 0 Å². The number of benzene rings is 2. The zero-order chi connectivity index (χ0) is 17.8. The fourth-order valence-corrected chi connectivity index (χ4v) is 3.02. The van der Waals surface area contributed by atoms with E-state index in [1.54, 1.807) is 38.4 Å². The molecular formula is C20H21NO4. The maximum atomic E-state index is 12.6. The summed E-state index contributed by atoms with van der Waals surface area (Å²) in [5.74, 6) is 1.60. The van der Waals surface area contributed by atoms with E-state index in [9.17, 15) is 4.79 Å². The van der Waals surface area contributed by atoms with Gasteiger partial charge in [0.25, 0.3) is 5.91 Å². The molecule has 3 rings (SSSR count). The maximum absolute atomic E-state index is 12.6. The predicted molar refractivity (Wildman–Crippen MR) is 97.6 cm³/mol. The van der Waals surface area contributed by atoms with E-state index in [2.05, 4.69) is 6.07 Å². The van der Waals surface area contributed by atoms with Crippen molar-refractivity contribution in [1.82, 2.24) is 0 Å². The Hall–Kier alpha value is -2.95. The number of para-hydroxylation sites is 1. The minimum absolute atomic E-state index is 0.0429. The van der Waals surface area contributed by atoms with Gasteiger partial charge < -0.3 is 19.1 Å². The number of ether oxygens (including phenoxy) is 3. The summed E-state index contributed by atoms with van der Waals surface area (Å²) in [5, 5.41) is 0.